The smallest absolute Gasteiger partial charge is 0.120 e. The van der Waals surface area contributed by atoms with Crippen LogP contribution in [0.4, 0.5) is 4.39 Å². The molecule has 2 aliphatic rings. The van der Waals surface area contributed by atoms with Gasteiger partial charge in [0.2, 0.25) is 0 Å². The Morgan fingerprint density at radius 2 is 2.14 bits per heavy atom. The van der Waals surface area contributed by atoms with Crippen LogP contribution in [0.1, 0.15) is 43.4 Å². The van der Waals surface area contributed by atoms with Crippen LogP contribution in [-0.4, -0.2) is 20.6 Å². The van der Waals surface area contributed by atoms with E-state index in [1.54, 1.807) is 24.7 Å². The maximum atomic E-state index is 13.6. The number of nitrogens with zero attached hydrogens (tertiary/aromatic N) is 2. The molecule has 0 bridgehead atoms. The van der Waals surface area contributed by atoms with Crippen LogP contribution in [-0.2, 0) is 12.8 Å². The topological polar surface area (TPSA) is 37.5 Å². The van der Waals surface area contributed by atoms with Gasteiger partial charge < -0.3 is 9.51 Å². The number of imidazole rings is 1. The largest absolute Gasteiger partial charge is 0.392 e. The number of hydrogen-bond acceptors (Lipinski definition) is 2. The summed E-state index contributed by atoms with van der Waals surface area (Å²) in [5, 5.41) is 11.6. The van der Waals surface area contributed by atoms with Crippen LogP contribution in [0.2, 0.25) is 0 Å². The van der Waals surface area contributed by atoms with E-state index < -0.39 is 0 Å². The normalized spacial score (nSPS) is 20.5. The van der Waals surface area contributed by atoms with E-state index in [-0.39, 0.29) is 11.9 Å². The molecule has 4 heteroatoms. The number of aliphatic hydroxyl groups is 1. The van der Waals surface area contributed by atoms with Crippen molar-refractivity contribution in [3.8, 4) is 0 Å². The Labute approximate surface area is 129 Å². The van der Waals surface area contributed by atoms with E-state index in [1.807, 2.05) is 4.40 Å². The lowest BCUT2D eigenvalue weighted by atomic mass is 9.83. The van der Waals surface area contributed by atoms with Crippen LogP contribution in [0.3, 0.4) is 0 Å². The molecule has 4 rings (SSSR count). The lowest BCUT2D eigenvalue weighted by Crippen LogP contribution is -2.26. The molecule has 0 saturated heterocycles. The summed E-state index contributed by atoms with van der Waals surface area (Å²) in [4.78, 5) is 4.19. The number of aliphatic hydroxyl groups excluding tert-OH is 1. The summed E-state index contributed by atoms with van der Waals surface area (Å²) >= 11 is 0. The van der Waals surface area contributed by atoms with Crippen molar-refractivity contribution in [3.05, 3.63) is 40.9 Å². The van der Waals surface area contributed by atoms with Gasteiger partial charge in [-0.15, -0.1) is 0 Å². The van der Waals surface area contributed by atoms with Gasteiger partial charge in [0.1, 0.15) is 5.83 Å². The highest BCUT2D eigenvalue weighted by Crippen LogP contribution is 2.29. The zero-order valence-electron chi connectivity index (χ0n) is 12.6. The van der Waals surface area contributed by atoms with Crippen molar-refractivity contribution in [2.24, 2.45) is 5.92 Å². The van der Waals surface area contributed by atoms with Gasteiger partial charge in [-0.3, -0.25) is 0 Å². The minimum atomic E-state index is -0.312. The molecule has 0 radical (unpaired) electrons. The fourth-order valence-electron chi connectivity index (χ4n) is 4.06. The predicted molar refractivity (Wildman–Crippen MR) is 84.1 cm³/mol. The van der Waals surface area contributed by atoms with E-state index in [4.69, 9.17) is 0 Å². The molecule has 1 saturated carbocycles. The maximum absolute atomic E-state index is 13.6. The van der Waals surface area contributed by atoms with Gasteiger partial charge in [-0.2, -0.15) is 0 Å². The predicted octanol–water partition coefficient (Wildman–Crippen LogP) is 2.73. The van der Waals surface area contributed by atoms with Crippen molar-refractivity contribution in [3.63, 3.8) is 0 Å². The van der Waals surface area contributed by atoms with Gasteiger partial charge in [0, 0.05) is 17.3 Å². The summed E-state index contributed by atoms with van der Waals surface area (Å²) in [7, 11) is 0. The monoisotopic (exact) mass is 300 g/mol. The molecular formula is C18H21FN2O. The molecule has 0 amide bonds. The molecule has 1 atom stereocenters. The highest BCUT2D eigenvalue weighted by molar-refractivity contribution is 5.64. The van der Waals surface area contributed by atoms with Gasteiger partial charge in [0.05, 0.1) is 24.1 Å². The molecule has 0 aliphatic heterocycles. The second-order valence-electron chi connectivity index (χ2n) is 6.59. The van der Waals surface area contributed by atoms with E-state index in [2.05, 4.69) is 4.98 Å². The maximum Gasteiger partial charge on any atom is 0.120 e. The van der Waals surface area contributed by atoms with Gasteiger partial charge in [-0.05, 0) is 42.9 Å². The summed E-state index contributed by atoms with van der Waals surface area (Å²) < 4.78 is 15.6. The van der Waals surface area contributed by atoms with Gasteiger partial charge >= 0.3 is 0 Å². The summed E-state index contributed by atoms with van der Waals surface area (Å²) in [5.74, 6) is 0.221. The Hall–Kier alpha value is -1.68. The first-order valence-corrected chi connectivity index (χ1v) is 8.25. The van der Waals surface area contributed by atoms with Gasteiger partial charge in [-0.1, -0.05) is 19.3 Å². The zero-order valence-corrected chi connectivity index (χ0v) is 12.6. The summed E-state index contributed by atoms with van der Waals surface area (Å²) in [6.45, 7) is 0. The van der Waals surface area contributed by atoms with Gasteiger partial charge in [-0.25, -0.2) is 9.37 Å². The second-order valence-corrected chi connectivity index (χ2v) is 6.59. The van der Waals surface area contributed by atoms with Crippen LogP contribution in [0.25, 0.3) is 11.6 Å². The third-order valence-corrected chi connectivity index (χ3v) is 5.26. The lowest BCUT2D eigenvalue weighted by molar-refractivity contribution is 0.0839. The van der Waals surface area contributed by atoms with Crippen molar-refractivity contribution in [1.82, 2.24) is 9.38 Å². The van der Waals surface area contributed by atoms with Gasteiger partial charge in [0.25, 0.3) is 0 Å². The third kappa shape index (κ3) is 2.26. The molecule has 1 fully saturated rings. The SMILES string of the molecule is OC(Cc1c2c(c3cncn13)=CC(F)=CC2)C1CCCCC1. The average molecular weight is 300 g/mol. The first-order valence-electron chi connectivity index (χ1n) is 8.25. The minimum Gasteiger partial charge on any atom is -0.392 e. The van der Waals surface area contributed by atoms with Gasteiger partial charge in [0.15, 0.2) is 0 Å². The fraction of sp³-hybridized carbons (Fsp3) is 0.500. The first-order chi connectivity index (χ1) is 10.7. The molecule has 2 aliphatic carbocycles. The molecular weight excluding hydrogens is 279 g/mol. The fourth-order valence-corrected chi connectivity index (χ4v) is 4.06. The molecule has 3 nitrogen and oxygen atoms in total. The van der Waals surface area contributed by atoms with Crippen molar-refractivity contribution >= 4 is 11.6 Å². The molecule has 1 N–H and O–H groups in total. The molecule has 2 aromatic heterocycles. The Morgan fingerprint density at radius 1 is 1.32 bits per heavy atom. The van der Waals surface area contributed by atoms with Crippen LogP contribution in [0, 0.1) is 5.92 Å². The van der Waals surface area contributed by atoms with E-state index in [0.29, 0.717) is 18.8 Å². The molecule has 116 valence electrons. The van der Waals surface area contributed by atoms with Crippen LogP contribution < -0.4 is 5.22 Å². The molecule has 1 unspecified atom stereocenters. The Balaban J connectivity index is 1.70. The van der Waals surface area contributed by atoms with Crippen molar-refractivity contribution in [2.45, 2.75) is 51.0 Å². The molecule has 2 heterocycles. The highest BCUT2D eigenvalue weighted by Gasteiger charge is 2.25. The number of aromatic nitrogens is 2. The quantitative estimate of drug-likeness (QED) is 0.946. The van der Waals surface area contributed by atoms with Crippen molar-refractivity contribution in [1.29, 1.82) is 0 Å². The number of allylic oxidation sites excluding steroid dienone is 2. The van der Waals surface area contributed by atoms with E-state index in [9.17, 15) is 9.50 Å². The van der Waals surface area contributed by atoms with E-state index in [0.717, 1.165) is 34.8 Å². The molecule has 22 heavy (non-hydrogen) atoms. The lowest BCUT2D eigenvalue weighted by Gasteiger charge is -2.26. The summed E-state index contributed by atoms with van der Waals surface area (Å²) in [5.41, 5.74) is 3.19. The van der Waals surface area contributed by atoms with E-state index >= 15 is 0 Å². The van der Waals surface area contributed by atoms with Crippen LogP contribution >= 0.6 is 0 Å². The number of rotatable bonds is 3. The Kier molecular flexibility index (Phi) is 3.49. The Morgan fingerprint density at radius 3 is 2.95 bits per heavy atom. The first kappa shape index (κ1) is 13.9. The zero-order chi connectivity index (χ0) is 15.1. The number of halogens is 1. The molecule has 0 spiro atoms. The Bertz CT molecular complexity index is 771. The van der Waals surface area contributed by atoms with Crippen LogP contribution in [0.15, 0.2) is 24.4 Å². The third-order valence-electron chi connectivity index (χ3n) is 5.26. The standard InChI is InChI=1S/C18H21FN2O/c19-13-6-7-14-15(8-13)17-10-20-11-21(17)16(14)9-18(22)12-4-2-1-3-5-12/h6,8,10-12,18,22H,1-5,7,9H2. The van der Waals surface area contributed by atoms with Crippen LogP contribution in [0.5, 0.6) is 0 Å². The number of hydrogen-bond donors (Lipinski definition) is 1. The summed E-state index contributed by atoms with van der Waals surface area (Å²) in [6.07, 6.45) is 13.7. The van der Waals surface area contributed by atoms with Crippen molar-refractivity contribution in [2.75, 3.05) is 0 Å². The molecule has 0 aromatic carbocycles. The second kappa shape index (κ2) is 5.51. The minimum absolute atomic E-state index is 0.180. The highest BCUT2D eigenvalue weighted by atomic mass is 19.1. The average Bonchev–Trinajstić information content (AvgIpc) is 3.11. The van der Waals surface area contributed by atoms with Crippen molar-refractivity contribution < 1.29 is 9.50 Å². The summed E-state index contributed by atoms with van der Waals surface area (Å²) in [6, 6.07) is 0. The number of fused-ring (bicyclic) bond motifs is 3. The molecule has 2 aromatic rings. The van der Waals surface area contributed by atoms with E-state index in [1.165, 1.54) is 19.3 Å².